The van der Waals surface area contributed by atoms with Gasteiger partial charge in [-0.2, -0.15) is 0 Å². The molecule has 0 spiro atoms. The molecule has 2 rings (SSSR count). The number of nitrogens with one attached hydrogen (secondary N) is 1. The molecule has 1 heterocycles. The van der Waals surface area contributed by atoms with Crippen LogP contribution in [0.4, 0.5) is 5.69 Å². The first kappa shape index (κ1) is 8.74. The van der Waals surface area contributed by atoms with Crippen LogP contribution in [0.15, 0.2) is 17.0 Å². The van der Waals surface area contributed by atoms with Crippen molar-refractivity contribution >= 4 is 16.7 Å². The van der Waals surface area contributed by atoms with Crippen LogP contribution in [-0.4, -0.2) is 14.6 Å². The van der Waals surface area contributed by atoms with Gasteiger partial charge in [-0.1, -0.05) is 18.0 Å². The molecule has 5 heteroatoms. The maximum atomic E-state index is 11.6. The number of aromatic nitrogens is 1. The summed E-state index contributed by atoms with van der Waals surface area (Å²) in [6.07, 6.45) is 7.51. The Labute approximate surface area is 79.3 Å². The van der Waals surface area contributed by atoms with E-state index in [1.165, 1.54) is 25.3 Å². The first-order valence-electron chi connectivity index (χ1n) is 4.43. The smallest absolute Gasteiger partial charge is 0.147 e. The molecule has 72 valence electrons. The molecule has 1 atom stereocenters. The van der Waals surface area contributed by atoms with E-state index in [4.69, 9.17) is 0 Å². The fraction of sp³-hybridized carbons (Fsp3) is 0.625. The summed E-state index contributed by atoms with van der Waals surface area (Å²) in [7, 11) is -0.975. The van der Waals surface area contributed by atoms with Crippen LogP contribution in [0.25, 0.3) is 0 Å². The highest BCUT2D eigenvalue weighted by atomic mass is 32.2. The van der Waals surface area contributed by atoms with Crippen molar-refractivity contribution in [3.63, 3.8) is 0 Å². The zero-order valence-corrected chi connectivity index (χ0v) is 8.05. The number of nitrogens with zero attached hydrogens (tertiary/aromatic N) is 1. The second-order valence-corrected chi connectivity index (χ2v) is 4.68. The van der Waals surface area contributed by atoms with E-state index < -0.39 is 11.0 Å². The van der Waals surface area contributed by atoms with Crippen LogP contribution in [0.2, 0.25) is 0 Å². The quantitative estimate of drug-likeness (QED) is 0.807. The molecule has 1 N–H and O–H groups in total. The summed E-state index contributed by atoms with van der Waals surface area (Å²) in [5, 5.41) is 3.83. The van der Waals surface area contributed by atoms with E-state index in [-0.39, 0.29) is 0 Å². The standard InChI is InChI=1S/C8H12N2O2S/c11-13(8-3-1-2-4-8)10-7-5-9-12-6-7/h5-6,8,10H,1-4H2. The van der Waals surface area contributed by atoms with Crippen molar-refractivity contribution < 1.29 is 8.73 Å². The van der Waals surface area contributed by atoms with E-state index >= 15 is 0 Å². The van der Waals surface area contributed by atoms with Gasteiger partial charge in [0.25, 0.3) is 0 Å². The van der Waals surface area contributed by atoms with Gasteiger partial charge in [-0.15, -0.1) is 0 Å². The van der Waals surface area contributed by atoms with E-state index in [1.807, 2.05) is 0 Å². The Bertz CT molecular complexity index is 280. The Balaban J connectivity index is 1.91. The third kappa shape index (κ3) is 2.09. The molecule has 0 bridgehead atoms. The highest BCUT2D eigenvalue weighted by Gasteiger charge is 2.21. The average Bonchev–Trinajstić information content (AvgIpc) is 2.74. The van der Waals surface area contributed by atoms with Gasteiger partial charge < -0.3 is 9.25 Å². The van der Waals surface area contributed by atoms with Crippen LogP contribution in [0, 0.1) is 0 Å². The SMILES string of the molecule is O=S(Nc1cnoc1)C1CCCC1. The molecular weight excluding hydrogens is 188 g/mol. The molecule has 0 saturated heterocycles. The lowest BCUT2D eigenvalue weighted by atomic mass is 10.4. The fourth-order valence-corrected chi connectivity index (χ4v) is 2.82. The van der Waals surface area contributed by atoms with Crippen LogP contribution in [0.1, 0.15) is 25.7 Å². The van der Waals surface area contributed by atoms with Crippen LogP contribution in [-0.2, 0) is 11.0 Å². The monoisotopic (exact) mass is 200 g/mol. The van der Waals surface area contributed by atoms with Gasteiger partial charge in [0.2, 0.25) is 0 Å². The van der Waals surface area contributed by atoms with Crippen LogP contribution >= 0.6 is 0 Å². The first-order chi connectivity index (χ1) is 6.36. The van der Waals surface area contributed by atoms with Crippen molar-refractivity contribution in [3.05, 3.63) is 12.5 Å². The molecule has 0 aromatic carbocycles. The van der Waals surface area contributed by atoms with Crippen LogP contribution in [0.5, 0.6) is 0 Å². The van der Waals surface area contributed by atoms with E-state index in [2.05, 4.69) is 14.4 Å². The van der Waals surface area contributed by atoms with Crippen LogP contribution < -0.4 is 4.72 Å². The topological polar surface area (TPSA) is 55.1 Å². The fourth-order valence-electron chi connectivity index (χ4n) is 1.56. The number of rotatable bonds is 3. The molecule has 1 aromatic heterocycles. The molecule has 0 amide bonds. The molecule has 0 aliphatic heterocycles. The molecule has 13 heavy (non-hydrogen) atoms. The van der Waals surface area contributed by atoms with Crippen LogP contribution in [0.3, 0.4) is 0 Å². The van der Waals surface area contributed by atoms with Crippen molar-refractivity contribution in [1.82, 2.24) is 5.16 Å². The zero-order chi connectivity index (χ0) is 9.10. The van der Waals surface area contributed by atoms with Crippen molar-refractivity contribution in [1.29, 1.82) is 0 Å². The lowest BCUT2D eigenvalue weighted by Crippen LogP contribution is -2.17. The molecule has 1 aliphatic carbocycles. The predicted octanol–water partition coefficient (Wildman–Crippen LogP) is 1.69. The lowest BCUT2D eigenvalue weighted by molar-refractivity contribution is 0.420. The molecule has 1 aliphatic rings. The first-order valence-corrected chi connectivity index (χ1v) is 5.64. The Morgan fingerprint density at radius 3 is 2.92 bits per heavy atom. The summed E-state index contributed by atoms with van der Waals surface area (Å²) < 4.78 is 19.2. The second kappa shape index (κ2) is 3.91. The Hall–Kier alpha value is -0.840. The minimum absolute atomic E-state index is 0.301. The minimum atomic E-state index is -0.975. The lowest BCUT2D eigenvalue weighted by Gasteiger charge is -2.08. The summed E-state index contributed by atoms with van der Waals surface area (Å²) in [5.41, 5.74) is 0.699. The largest absolute Gasteiger partial charge is 0.362 e. The molecule has 4 nitrogen and oxygen atoms in total. The predicted molar refractivity (Wildman–Crippen MR) is 50.5 cm³/mol. The Morgan fingerprint density at radius 1 is 1.54 bits per heavy atom. The Morgan fingerprint density at radius 2 is 2.31 bits per heavy atom. The maximum absolute atomic E-state index is 11.6. The van der Waals surface area contributed by atoms with E-state index in [9.17, 15) is 4.21 Å². The summed E-state index contributed by atoms with van der Waals surface area (Å²) in [5.74, 6) is 0. The van der Waals surface area contributed by atoms with E-state index in [1.54, 1.807) is 0 Å². The third-order valence-electron chi connectivity index (χ3n) is 2.26. The molecule has 1 fully saturated rings. The third-order valence-corrected chi connectivity index (χ3v) is 3.77. The van der Waals surface area contributed by atoms with Gasteiger partial charge in [0.1, 0.15) is 22.9 Å². The number of anilines is 1. The van der Waals surface area contributed by atoms with Gasteiger partial charge in [0.15, 0.2) is 0 Å². The summed E-state index contributed by atoms with van der Waals surface area (Å²) in [6.45, 7) is 0. The van der Waals surface area contributed by atoms with Gasteiger partial charge in [-0.25, -0.2) is 4.21 Å². The second-order valence-electron chi connectivity index (χ2n) is 3.22. The highest BCUT2D eigenvalue weighted by Crippen LogP contribution is 2.23. The van der Waals surface area contributed by atoms with Crippen molar-refractivity contribution in [2.45, 2.75) is 30.9 Å². The highest BCUT2D eigenvalue weighted by molar-refractivity contribution is 7.87. The van der Waals surface area contributed by atoms with Gasteiger partial charge in [-0.05, 0) is 12.8 Å². The molecule has 1 unspecified atom stereocenters. The normalized spacial score (nSPS) is 20.3. The summed E-state index contributed by atoms with van der Waals surface area (Å²) in [4.78, 5) is 0. The van der Waals surface area contributed by atoms with Crippen molar-refractivity contribution in [2.24, 2.45) is 0 Å². The molecular formula is C8H12N2O2S. The molecule has 1 saturated carbocycles. The van der Waals surface area contributed by atoms with Crippen molar-refractivity contribution in [3.8, 4) is 0 Å². The number of hydrogen-bond acceptors (Lipinski definition) is 3. The molecule has 1 aromatic rings. The minimum Gasteiger partial charge on any atom is -0.362 e. The average molecular weight is 200 g/mol. The summed E-state index contributed by atoms with van der Waals surface area (Å²) >= 11 is 0. The summed E-state index contributed by atoms with van der Waals surface area (Å²) in [6, 6.07) is 0. The van der Waals surface area contributed by atoms with E-state index in [0.717, 1.165) is 12.8 Å². The van der Waals surface area contributed by atoms with Gasteiger partial charge in [0.05, 0.1) is 11.4 Å². The van der Waals surface area contributed by atoms with E-state index in [0.29, 0.717) is 10.9 Å². The maximum Gasteiger partial charge on any atom is 0.147 e. The van der Waals surface area contributed by atoms with Gasteiger partial charge in [0, 0.05) is 0 Å². The number of hydrogen-bond donors (Lipinski definition) is 1. The van der Waals surface area contributed by atoms with Gasteiger partial charge in [-0.3, -0.25) is 0 Å². The Kier molecular flexibility index (Phi) is 2.63. The van der Waals surface area contributed by atoms with Crippen molar-refractivity contribution in [2.75, 3.05) is 4.72 Å². The van der Waals surface area contributed by atoms with Gasteiger partial charge >= 0.3 is 0 Å². The molecule has 0 radical (unpaired) electrons. The zero-order valence-electron chi connectivity index (χ0n) is 7.23.